The zero-order valence-electron chi connectivity index (χ0n) is 9.02. The Morgan fingerprint density at radius 3 is 2.00 bits per heavy atom. The van der Waals surface area contributed by atoms with Crippen LogP contribution in [0.2, 0.25) is 0 Å². The van der Waals surface area contributed by atoms with Crippen molar-refractivity contribution in [3.8, 4) is 0 Å². The summed E-state index contributed by atoms with van der Waals surface area (Å²) in [7, 11) is 0. The van der Waals surface area contributed by atoms with E-state index in [9.17, 15) is 5.11 Å². The summed E-state index contributed by atoms with van der Waals surface area (Å²) in [6, 6.07) is 0. The molecule has 0 aromatic carbocycles. The van der Waals surface area contributed by atoms with Gasteiger partial charge < -0.3 is 5.11 Å². The molecule has 0 saturated heterocycles. The van der Waals surface area contributed by atoms with E-state index >= 15 is 0 Å². The maximum Gasteiger partial charge on any atom is 0.0702 e. The molecule has 72 valence electrons. The van der Waals surface area contributed by atoms with Crippen LogP contribution in [0.25, 0.3) is 0 Å². The molecular formula is C11H22O. The van der Waals surface area contributed by atoms with Crippen LogP contribution in [0.1, 0.15) is 47.5 Å². The average Bonchev–Trinajstić information content (AvgIpc) is 2.00. The minimum atomic E-state index is -0.599. The summed E-state index contributed by atoms with van der Waals surface area (Å²) >= 11 is 0. The second-order valence-electron chi connectivity index (χ2n) is 4.16. The molecule has 0 aliphatic heterocycles. The standard InChI is InChI=1S/C11H22O/c1-6-8-9-10(3,4)11(5,12)7-2/h8-9,12H,6-7H2,1-5H3/b9-8-. The lowest BCUT2D eigenvalue weighted by atomic mass is 9.74. The second-order valence-corrected chi connectivity index (χ2v) is 4.16. The molecule has 0 aromatic rings. The third-order valence-corrected chi connectivity index (χ3v) is 2.85. The van der Waals surface area contributed by atoms with Crippen molar-refractivity contribution >= 4 is 0 Å². The van der Waals surface area contributed by atoms with E-state index in [2.05, 4.69) is 32.9 Å². The lowest BCUT2D eigenvalue weighted by Gasteiger charge is -2.37. The van der Waals surface area contributed by atoms with Gasteiger partial charge in [-0.2, -0.15) is 0 Å². The highest BCUT2D eigenvalue weighted by molar-refractivity contribution is 5.03. The van der Waals surface area contributed by atoms with Gasteiger partial charge in [-0.15, -0.1) is 0 Å². The van der Waals surface area contributed by atoms with Gasteiger partial charge in [0.1, 0.15) is 0 Å². The Morgan fingerprint density at radius 1 is 1.17 bits per heavy atom. The van der Waals surface area contributed by atoms with Crippen LogP contribution < -0.4 is 0 Å². The maximum absolute atomic E-state index is 10.0. The molecule has 1 heteroatoms. The zero-order chi connectivity index (χ0) is 9.83. The highest BCUT2D eigenvalue weighted by Crippen LogP contribution is 2.34. The maximum atomic E-state index is 10.0. The van der Waals surface area contributed by atoms with Gasteiger partial charge in [0.25, 0.3) is 0 Å². The lowest BCUT2D eigenvalue weighted by Crippen LogP contribution is -2.39. The third-order valence-electron chi connectivity index (χ3n) is 2.85. The molecule has 0 spiro atoms. The van der Waals surface area contributed by atoms with Crippen LogP contribution in [-0.4, -0.2) is 10.7 Å². The minimum absolute atomic E-state index is 0.127. The first kappa shape index (κ1) is 11.7. The minimum Gasteiger partial charge on any atom is -0.389 e. The smallest absolute Gasteiger partial charge is 0.0702 e. The van der Waals surface area contributed by atoms with Crippen LogP contribution in [-0.2, 0) is 0 Å². The quantitative estimate of drug-likeness (QED) is 0.643. The molecule has 0 amide bonds. The summed E-state index contributed by atoms with van der Waals surface area (Å²) in [6.07, 6.45) is 6.04. The normalized spacial score (nSPS) is 18.2. The Bertz CT molecular complexity index is 154. The number of allylic oxidation sites excluding steroid dienone is 1. The van der Waals surface area contributed by atoms with E-state index < -0.39 is 5.60 Å². The van der Waals surface area contributed by atoms with Crippen LogP contribution in [0.3, 0.4) is 0 Å². The molecule has 0 aliphatic carbocycles. The van der Waals surface area contributed by atoms with Crippen molar-refractivity contribution in [2.75, 3.05) is 0 Å². The van der Waals surface area contributed by atoms with E-state index in [1.165, 1.54) is 0 Å². The SMILES string of the molecule is CC/C=C\C(C)(C)C(C)(O)CC. The second kappa shape index (κ2) is 4.08. The van der Waals surface area contributed by atoms with E-state index in [-0.39, 0.29) is 5.41 Å². The molecule has 1 unspecified atom stereocenters. The van der Waals surface area contributed by atoms with Crippen molar-refractivity contribution in [3.63, 3.8) is 0 Å². The lowest BCUT2D eigenvalue weighted by molar-refractivity contribution is -0.0285. The van der Waals surface area contributed by atoms with Crippen LogP contribution in [0.4, 0.5) is 0 Å². The molecule has 0 bridgehead atoms. The molecule has 1 atom stereocenters. The van der Waals surface area contributed by atoms with Gasteiger partial charge in [-0.1, -0.05) is 39.8 Å². The highest BCUT2D eigenvalue weighted by atomic mass is 16.3. The van der Waals surface area contributed by atoms with Crippen LogP contribution in [0.5, 0.6) is 0 Å². The summed E-state index contributed by atoms with van der Waals surface area (Å²) in [4.78, 5) is 0. The Labute approximate surface area is 76.5 Å². The van der Waals surface area contributed by atoms with Crippen LogP contribution >= 0.6 is 0 Å². The summed E-state index contributed by atoms with van der Waals surface area (Å²) in [5.74, 6) is 0. The molecule has 0 radical (unpaired) electrons. The molecule has 0 aromatic heterocycles. The molecule has 1 nitrogen and oxygen atoms in total. The van der Waals surface area contributed by atoms with Crippen LogP contribution in [0.15, 0.2) is 12.2 Å². The van der Waals surface area contributed by atoms with Gasteiger partial charge in [-0.25, -0.2) is 0 Å². The Kier molecular flexibility index (Phi) is 3.98. The summed E-state index contributed by atoms with van der Waals surface area (Å²) in [5, 5.41) is 10.0. The number of hydrogen-bond donors (Lipinski definition) is 1. The van der Waals surface area contributed by atoms with Gasteiger partial charge in [-0.3, -0.25) is 0 Å². The summed E-state index contributed by atoms with van der Waals surface area (Å²) < 4.78 is 0. The number of aliphatic hydroxyl groups is 1. The Hall–Kier alpha value is -0.300. The molecule has 0 heterocycles. The van der Waals surface area contributed by atoms with Crippen molar-refractivity contribution in [2.24, 2.45) is 5.41 Å². The largest absolute Gasteiger partial charge is 0.389 e. The van der Waals surface area contributed by atoms with E-state index in [0.717, 1.165) is 12.8 Å². The fourth-order valence-electron chi connectivity index (χ4n) is 1.05. The Balaban J connectivity index is 4.48. The van der Waals surface area contributed by atoms with Crippen molar-refractivity contribution in [1.82, 2.24) is 0 Å². The summed E-state index contributed by atoms with van der Waals surface area (Å²) in [5.41, 5.74) is -0.726. The Morgan fingerprint density at radius 2 is 1.67 bits per heavy atom. The van der Waals surface area contributed by atoms with Gasteiger partial charge in [-0.05, 0) is 19.8 Å². The fraction of sp³-hybridized carbons (Fsp3) is 0.818. The number of rotatable bonds is 4. The van der Waals surface area contributed by atoms with Crippen molar-refractivity contribution in [1.29, 1.82) is 0 Å². The van der Waals surface area contributed by atoms with Gasteiger partial charge in [0.05, 0.1) is 5.60 Å². The van der Waals surface area contributed by atoms with Crippen molar-refractivity contribution < 1.29 is 5.11 Å². The van der Waals surface area contributed by atoms with Crippen molar-refractivity contribution in [3.05, 3.63) is 12.2 Å². The van der Waals surface area contributed by atoms with E-state index in [1.807, 2.05) is 13.8 Å². The fourth-order valence-corrected chi connectivity index (χ4v) is 1.05. The molecule has 12 heavy (non-hydrogen) atoms. The molecule has 1 N–H and O–H groups in total. The molecule has 0 fully saturated rings. The first-order chi connectivity index (χ1) is 5.37. The van der Waals surface area contributed by atoms with Crippen molar-refractivity contribution in [2.45, 2.75) is 53.1 Å². The number of hydrogen-bond acceptors (Lipinski definition) is 1. The first-order valence-corrected chi connectivity index (χ1v) is 4.77. The van der Waals surface area contributed by atoms with E-state index in [0.29, 0.717) is 0 Å². The first-order valence-electron chi connectivity index (χ1n) is 4.77. The van der Waals surface area contributed by atoms with Gasteiger partial charge in [0.15, 0.2) is 0 Å². The van der Waals surface area contributed by atoms with E-state index in [1.54, 1.807) is 0 Å². The van der Waals surface area contributed by atoms with Crippen LogP contribution in [0, 0.1) is 5.41 Å². The molecule has 0 aliphatic rings. The average molecular weight is 170 g/mol. The molecule has 0 saturated carbocycles. The third kappa shape index (κ3) is 2.63. The molecular weight excluding hydrogens is 148 g/mol. The predicted molar refractivity (Wildman–Crippen MR) is 54.1 cm³/mol. The van der Waals surface area contributed by atoms with Gasteiger partial charge in [0, 0.05) is 5.41 Å². The highest BCUT2D eigenvalue weighted by Gasteiger charge is 2.35. The van der Waals surface area contributed by atoms with Gasteiger partial charge in [0.2, 0.25) is 0 Å². The monoisotopic (exact) mass is 170 g/mol. The topological polar surface area (TPSA) is 20.2 Å². The predicted octanol–water partition coefficient (Wildman–Crippen LogP) is 3.14. The molecule has 0 rings (SSSR count). The summed E-state index contributed by atoms with van der Waals surface area (Å²) in [6.45, 7) is 10.2. The van der Waals surface area contributed by atoms with Gasteiger partial charge >= 0.3 is 0 Å². The zero-order valence-corrected chi connectivity index (χ0v) is 9.02. The van der Waals surface area contributed by atoms with E-state index in [4.69, 9.17) is 0 Å².